The maximum atomic E-state index is 14.0. The van der Waals surface area contributed by atoms with Crippen molar-refractivity contribution in [3.63, 3.8) is 0 Å². The number of ether oxygens (including phenoxy) is 3. The summed E-state index contributed by atoms with van der Waals surface area (Å²) in [4.78, 5) is 32.8. The maximum Gasteiger partial charge on any atom is 0.338 e. The molecule has 0 bridgehead atoms. The molecule has 9 heteroatoms. The second kappa shape index (κ2) is 12.6. The summed E-state index contributed by atoms with van der Waals surface area (Å²) in [6.07, 6.45) is 1.74. The van der Waals surface area contributed by atoms with E-state index in [1.54, 1.807) is 25.1 Å². The molecule has 42 heavy (non-hydrogen) atoms. The Morgan fingerprint density at radius 1 is 1.02 bits per heavy atom. The van der Waals surface area contributed by atoms with Gasteiger partial charge in [0, 0.05) is 5.56 Å². The quantitative estimate of drug-likeness (QED) is 0.250. The van der Waals surface area contributed by atoms with Crippen molar-refractivity contribution in [2.45, 2.75) is 39.8 Å². The number of hydrogen-bond donors (Lipinski definition) is 0. The molecular weight excluding hydrogens is 555 g/mol. The minimum absolute atomic E-state index is 0.0300. The zero-order valence-corrected chi connectivity index (χ0v) is 24.6. The SMILES string of the molecule is CCOC(=O)C1=C(c2ccccc2)N=c2s/c(=C\c3ccc(OC(C)C)c(OCC)c3)c(=O)n2[C@@H]1c1ccc(F)cc1. The molecule has 4 aromatic rings. The average Bonchev–Trinajstić information content (AvgIpc) is 3.28. The Labute approximate surface area is 246 Å². The summed E-state index contributed by atoms with van der Waals surface area (Å²) in [5.74, 6) is 0.179. The Bertz CT molecular complexity index is 1810. The summed E-state index contributed by atoms with van der Waals surface area (Å²) in [5.41, 5.74) is 2.29. The highest BCUT2D eigenvalue weighted by atomic mass is 32.1. The van der Waals surface area contributed by atoms with Gasteiger partial charge in [-0.15, -0.1) is 0 Å². The van der Waals surface area contributed by atoms with Crippen LogP contribution in [0.15, 0.2) is 88.2 Å². The van der Waals surface area contributed by atoms with Gasteiger partial charge in [-0.1, -0.05) is 59.9 Å². The first kappa shape index (κ1) is 29.0. The molecule has 7 nitrogen and oxygen atoms in total. The number of rotatable bonds is 9. The molecular formula is C33H31FN2O5S. The summed E-state index contributed by atoms with van der Waals surface area (Å²) in [6, 6.07) is 19.7. The second-order valence-electron chi connectivity index (χ2n) is 9.79. The van der Waals surface area contributed by atoms with Crippen LogP contribution in [0.5, 0.6) is 11.5 Å². The van der Waals surface area contributed by atoms with Crippen LogP contribution in [0, 0.1) is 5.82 Å². The van der Waals surface area contributed by atoms with Crippen molar-refractivity contribution >= 4 is 29.1 Å². The number of carbonyl (C=O) groups is 1. The number of carbonyl (C=O) groups excluding carboxylic acids is 1. The highest BCUT2D eigenvalue weighted by molar-refractivity contribution is 7.07. The van der Waals surface area contributed by atoms with Gasteiger partial charge in [-0.3, -0.25) is 9.36 Å². The molecule has 1 aliphatic heterocycles. The first-order chi connectivity index (χ1) is 20.3. The lowest BCUT2D eigenvalue weighted by Crippen LogP contribution is -2.40. The fourth-order valence-corrected chi connectivity index (χ4v) is 5.79. The summed E-state index contributed by atoms with van der Waals surface area (Å²) < 4.78 is 33.0. The van der Waals surface area contributed by atoms with E-state index in [9.17, 15) is 14.0 Å². The van der Waals surface area contributed by atoms with Gasteiger partial charge in [0.25, 0.3) is 5.56 Å². The predicted molar refractivity (Wildman–Crippen MR) is 161 cm³/mol. The van der Waals surface area contributed by atoms with E-state index in [2.05, 4.69) is 0 Å². The third-order valence-corrected chi connectivity index (χ3v) is 7.47. The van der Waals surface area contributed by atoms with E-state index < -0.39 is 17.8 Å². The van der Waals surface area contributed by atoms with Crippen LogP contribution in [0.2, 0.25) is 0 Å². The van der Waals surface area contributed by atoms with Gasteiger partial charge in [-0.05, 0) is 69.2 Å². The lowest BCUT2D eigenvalue weighted by atomic mass is 9.93. The summed E-state index contributed by atoms with van der Waals surface area (Å²) in [6.45, 7) is 8.09. The fraction of sp³-hybridized carbons (Fsp3) is 0.242. The molecule has 1 aliphatic rings. The number of hydrogen-bond acceptors (Lipinski definition) is 7. The number of thiazole rings is 1. The lowest BCUT2D eigenvalue weighted by molar-refractivity contribution is -0.138. The minimum Gasteiger partial charge on any atom is -0.490 e. The van der Waals surface area contributed by atoms with Gasteiger partial charge in [0.15, 0.2) is 16.3 Å². The molecule has 0 unspecified atom stereocenters. The minimum atomic E-state index is -0.876. The molecule has 2 heterocycles. The zero-order valence-electron chi connectivity index (χ0n) is 23.8. The number of nitrogens with zero attached hydrogens (tertiary/aromatic N) is 2. The molecule has 5 rings (SSSR count). The lowest BCUT2D eigenvalue weighted by Gasteiger charge is -2.25. The van der Waals surface area contributed by atoms with Gasteiger partial charge in [-0.25, -0.2) is 14.2 Å². The highest BCUT2D eigenvalue weighted by Gasteiger charge is 2.35. The van der Waals surface area contributed by atoms with E-state index in [1.807, 2.05) is 69.3 Å². The van der Waals surface area contributed by atoms with Gasteiger partial charge in [-0.2, -0.15) is 0 Å². The molecule has 0 aliphatic carbocycles. The van der Waals surface area contributed by atoms with E-state index in [0.717, 1.165) is 5.56 Å². The van der Waals surface area contributed by atoms with Gasteiger partial charge in [0.05, 0.1) is 41.2 Å². The largest absolute Gasteiger partial charge is 0.490 e. The van der Waals surface area contributed by atoms with Gasteiger partial charge < -0.3 is 14.2 Å². The Morgan fingerprint density at radius 2 is 1.76 bits per heavy atom. The van der Waals surface area contributed by atoms with Crippen LogP contribution in [0.25, 0.3) is 11.8 Å². The van der Waals surface area contributed by atoms with Crippen LogP contribution < -0.4 is 24.4 Å². The molecule has 0 saturated carbocycles. The van der Waals surface area contributed by atoms with Crippen molar-refractivity contribution in [3.05, 3.63) is 121 Å². The molecule has 0 spiro atoms. The average molecular weight is 587 g/mol. The van der Waals surface area contributed by atoms with E-state index in [0.29, 0.717) is 44.3 Å². The van der Waals surface area contributed by atoms with Gasteiger partial charge >= 0.3 is 5.97 Å². The van der Waals surface area contributed by atoms with Crippen LogP contribution in [0.3, 0.4) is 0 Å². The number of benzene rings is 3. The summed E-state index contributed by atoms with van der Waals surface area (Å²) >= 11 is 1.21. The number of halogens is 1. The van der Waals surface area contributed by atoms with Crippen LogP contribution >= 0.6 is 11.3 Å². The Kier molecular flexibility index (Phi) is 8.68. The molecule has 0 radical (unpaired) electrons. The molecule has 0 fully saturated rings. The monoisotopic (exact) mass is 586 g/mol. The van der Waals surface area contributed by atoms with Gasteiger partial charge in [0.2, 0.25) is 0 Å². The molecule has 1 aromatic heterocycles. The smallest absolute Gasteiger partial charge is 0.338 e. The van der Waals surface area contributed by atoms with Crippen molar-refractivity contribution in [1.82, 2.24) is 4.57 Å². The van der Waals surface area contributed by atoms with Crippen molar-refractivity contribution < 1.29 is 23.4 Å². The molecule has 3 aromatic carbocycles. The number of fused-ring (bicyclic) bond motifs is 1. The Hall–Kier alpha value is -4.50. The molecule has 0 amide bonds. The van der Waals surface area contributed by atoms with E-state index in [-0.39, 0.29) is 23.8 Å². The van der Waals surface area contributed by atoms with E-state index in [4.69, 9.17) is 19.2 Å². The summed E-state index contributed by atoms with van der Waals surface area (Å²) in [7, 11) is 0. The van der Waals surface area contributed by atoms with E-state index >= 15 is 0 Å². The first-order valence-electron chi connectivity index (χ1n) is 13.8. The van der Waals surface area contributed by atoms with Gasteiger partial charge in [0.1, 0.15) is 5.82 Å². The Balaban J connectivity index is 1.75. The first-order valence-corrected chi connectivity index (χ1v) is 14.6. The maximum absolute atomic E-state index is 14.0. The third kappa shape index (κ3) is 5.92. The summed E-state index contributed by atoms with van der Waals surface area (Å²) in [5, 5.41) is 0. The van der Waals surface area contributed by atoms with Crippen molar-refractivity contribution in [2.75, 3.05) is 13.2 Å². The highest BCUT2D eigenvalue weighted by Crippen LogP contribution is 2.35. The van der Waals surface area contributed by atoms with Crippen LogP contribution in [-0.2, 0) is 9.53 Å². The van der Waals surface area contributed by atoms with Crippen molar-refractivity contribution in [2.24, 2.45) is 4.99 Å². The molecule has 1 atom stereocenters. The van der Waals surface area contributed by atoms with E-state index in [1.165, 1.54) is 28.0 Å². The zero-order chi connectivity index (χ0) is 29.8. The Morgan fingerprint density at radius 3 is 2.43 bits per heavy atom. The fourth-order valence-electron chi connectivity index (χ4n) is 4.79. The van der Waals surface area contributed by atoms with Crippen LogP contribution in [-0.4, -0.2) is 29.9 Å². The molecule has 216 valence electrons. The van der Waals surface area contributed by atoms with Crippen molar-refractivity contribution in [3.8, 4) is 11.5 Å². The molecule has 0 N–H and O–H groups in total. The second-order valence-corrected chi connectivity index (χ2v) is 10.8. The van der Waals surface area contributed by atoms with Crippen LogP contribution in [0.4, 0.5) is 4.39 Å². The number of aromatic nitrogens is 1. The standard InChI is InChI=1S/C33H31FN2O5S/c1-5-39-26-18-21(12-17-25(26)41-20(3)4)19-27-31(37)36-30(23-13-15-24(34)16-14-23)28(32(38)40-6-2)29(35-33(36)42-27)22-10-8-7-9-11-22/h7-20,30H,5-6H2,1-4H3/b27-19-/t30-/m1/s1. The predicted octanol–water partition coefficient (Wildman–Crippen LogP) is 5.26. The number of esters is 1. The topological polar surface area (TPSA) is 79.1 Å². The normalized spacial score (nSPS) is 14.9. The van der Waals surface area contributed by atoms with Crippen molar-refractivity contribution in [1.29, 1.82) is 0 Å². The molecule has 0 saturated heterocycles. The van der Waals surface area contributed by atoms with Crippen LogP contribution in [0.1, 0.15) is 50.4 Å². The third-order valence-electron chi connectivity index (χ3n) is 6.49.